The summed E-state index contributed by atoms with van der Waals surface area (Å²) in [5, 5.41) is 3.07. The van der Waals surface area contributed by atoms with Crippen LogP contribution in [0.25, 0.3) is 0 Å². The number of H-pyrrole nitrogens is 1. The van der Waals surface area contributed by atoms with E-state index >= 15 is 0 Å². The summed E-state index contributed by atoms with van der Waals surface area (Å²) in [4.78, 5) is 3.03. The lowest BCUT2D eigenvalue weighted by atomic mass is 10.2. The van der Waals surface area contributed by atoms with E-state index in [1.165, 1.54) is 12.1 Å². The summed E-state index contributed by atoms with van der Waals surface area (Å²) in [6.07, 6.45) is 1.83. The number of aromatic amines is 1. The zero-order chi connectivity index (χ0) is 11.4. The maximum absolute atomic E-state index is 13.2. The molecule has 0 unspecified atom stereocenters. The number of halogens is 2. The van der Waals surface area contributed by atoms with Gasteiger partial charge in [0, 0.05) is 36.6 Å². The second-order valence-corrected chi connectivity index (χ2v) is 3.53. The van der Waals surface area contributed by atoms with E-state index in [4.69, 9.17) is 0 Å². The Morgan fingerprint density at radius 3 is 2.69 bits per heavy atom. The van der Waals surface area contributed by atoms with Gasteiger partial charge in [0.15, 0.2) is 0 Å². The summed E-state index contributed by atoms with van der Waals surface area (Å²) in [5.74, 6) is -1.07. The highest BCUT2D eigenvalue weighted by Gasteiger charge is 2.03. The SMILES string of the molecule is Fc1ccc(CNCc2ccc[nH]2)c(F)c1. The summed E-state index contributed by atoms with van der Waals surface area (Å²) < 4.78 is 25.9. The van der Waals surface area contributed by atoms with Gasteiger partial charge in [0.1, 0.15) is 11.6 Å². The average molecular weight is 222 g/mol. The third-order valence-electron chi connectivity index (χ3n) is 2.31. The molecule has 16 heavy (non-hydrogen) atoms. The molecule has 2 nitrogen and oxygen atoms in total. The van der Waals surface area contributed by atoms with Gasteiger partial charge in [-0.1, -0.05) is 6.07 Å². The van der Waals surface area contributed by atoms with E-state index in [1.807, 2.05) is 18.3 Å². The molecule has 0 bridgehead atoms. The van der Waals surface area contributed by atoms with Crippen LogP contribution < -0.4 is 5.32 Å². The van der Waals surface area contributed by atoms with Crippen molar-refractivity contribution >= 4 is 0 Å². The van der Waals surface area contributed by atoms with Crippen molar-refractivity contribution in [3.63, 3.8) is 0 Å². The Hall–Kier alpha value is -1.68. The lowest BCUT2D eigenvalue weighted by Gasteiger charge is -2.05. The Bertz CT molecular complexity index is 452. The predicted molar refractivity (Wildman–Crippen MR) is 57.7 cm³/mol. The molecule has 2 aromatic rings. The van der Waals surface area contributed by atoms with Crippen LogP contribution in [0.1, 0.15) is 11.3 Å². The highest BCUT2D eigenvalue weighted by molar-refractivity contribution is 5.18. The van der Waals surface area contributed by atoms with E-state index in [1.54, 1.807) is 0 Å². The van der Waals surface area contributed by atoms with Crippen molar-refractivity contribution in [2.75, 3.05) is 0 Å². The molecule has 0 atom stereocenters. The molecule has 0 fully saturated rings. The van der Waals surface area contributed by atoms with E-state index < -0.39 is 11.6 Å². The van der Waals surface area contributed by atoms with Gasteiger partial charge in [-0.15, -0.1) is 0 Å². The standard InChI is InChI=1S/C12H12F2N2/c13-10-4-3-9(12(14)6-10)7-15-8-11-2-1-5-16-11/h1-6,15-16H,7-8H2. The van der Waals surface area contributed by atoms with Crippen molar-refractivity contribution in [3.8, 4) is 0 Å². The van der Waals surface area contributed by atoms with E-state index in [0.29, 0.717) is 18.7 Å². The lowest BCUT2D eigenvalue weighted by molar-refractivity contribution is 0.559. The molecular weight excluding hydrogens is 210 g/mol. The normalized spacial score (nSPS) is 10.6. The Morgan fingerprint density at radius 1 is 1.12 bits per heavy atom. The first-order valence-electron chi connectivity index (χ1n) is 5.02. The van der Waals surface area contributed by atoms with Crippen LogP contribution in [-0.2, 0) is 13.1 Å². The third-order valence-corrected chi connectivity index (χ3v) is 2.31. The van der Waals surface area contributed by atoms with E-state index in [2.05, 4.69) is 10.3 Å². The molecule has 0 saturated heterocycles. The minimum Gasteiger partial charge on any atom is -0.364 e. The Kier molecular flexibility index (Phi) is 3.31. The molecule has 0 radical (unpaired) electrons. The zero-order valence-corrected chi connectivity index (χ0v) is 8.63. The fraction of sp³-hybridized carbons (Fsp3) is 0.167. The van der Waals surface area contributed by atoms with Crippen LogP contribution >= 0.6 is 0 Å². The van der Waals surface area contributed by atoms with Crippen molar-refractivity contribution in [2.45, 2.75) is 13.1 Å². The van der Waals surface area contributed by atoms with Crippen molar-refractivity contribution in [2.24, 2.45) is 0 Å². The molecule has 0 aliphatic carbocycles. The monoisotopic (exact) mass is 222 g/mol. The second kappa shape index (κ2) is 4.90. The topological polar surface area (TPSA) is 27.8 Å². The number of hydrogen-bond acceptors (Lipinski definition) is 1. The zero-order valence-electron chi connectivity index (χ0n) is 8.63. The Morgan fingerprint density at radius 2 is 2.00 bits per heavy atom. The summed E-state index contributed by atoms with van der Waals surface area (Å²) >= 11 is 0. The molecule has 0 amide bonds. The minimum atomic E-state index is -0.550. The Labute approximate surface area is 92.3 Å². The van der Waals surface area contributed by atoms with Crippen molar-refractivity contribution in [1.29, 1.82) is 0 Å². The smallest absolute Gasteiger partial charge is 0.130 e. The van der Waals surface area contributed by atoms with Gasteiger partial charge >= 0.3 is 0 Å². The van der Waals surface area contributed by atoms with Crippen LogP contribution in [0.4, 0.5) is 8.78 Å². The quantitative estimate of drug-likeness (QED) is 0.817. The fourth-order valence-electron chi connectivity index (χ4n) is 1.47. The second-order valence-electron chi connectivity index (χ2n) is 3.53. The fourth-order valence-corrected chi connectivity index (χ4v) is 1.47. The largest absolute Gasteiger partial charge is 0.364 e. The number of nitrogens with one attached hydrogen (secondary N) is 2. The molecule has 4 heteroatoms. The molecule has 2 rings (SSSR count). The van der Waals surface area contributed by atoms with Gasteiger partial charge in [-0.05, 0) is 18.2 Å². The van der Waals surface area contributed by atoms with Crippen LogP contribution in [0, 0.1) is 11.6 Å². The number of benzene rings is 1. The van der Waals surface area contributed by atoms with Crippen molar-refractivity contribution in [1.82, 2.24) is 10.3 Å². The van der Waals surface area contributed by atoms with Crippen LogP contribution in [0.5, 0.6) is 0 Å². The maximum atomic E-state index is 13.2. The van der Waals surface area contributed by atoms with Gasteiger partial charge in [0.2, 0.25) is 0 Å². The third kappa shape index (κ3) is 2.67. The average Bonchev–Trinajstić information content (AvgIpc) is 2.74. The van der Waals surface area contributed by atoms with E-state index in [9.17, 15) is 8.78 Å². The van der Waals surface area contributed by atoms with Gasteiger partial charge in [0.05, 0.1) is 0 Å². The van der Waals surface area contributed by atoms with Gasteiger partial charge in [0.25, 0.3) is 0 Å². The minimum absolute atomic E-state index is 0.380. The van der Waals surface area contributed by atoms with Gasteiger partial charge in [-0.2, -0.15) is 0 Å². The highest BCUT2D eigenvalue weighted by atomic mass is 19.1. The molecule has 0 spiro atoms. The van der Waals surface area contributed by atoms with Gasteiger partial charge in [-0.3, -0.25) is 0 Å². The van der Waals surface area contributed by atoms with Crippen molar-refractivity contribution < 1.29 is 8.78 Å². The Balaban J connectivity index is 1.90. The number of rotatable bonds is 4. The van der Waals surface area contributed by atoms with E-state index in [0.717, 1.165) is 11.8 Å². The first-order valence-corrected chi connectivity index (χ1v) is 5.02. The van der Waals surface area contributed by atoms with Gasteiger partial charge < -0.3 is 10.3 Å². The first-order chi connectivity index (χ1) is 7.75. The van der Waals surface area contributed by atoms with Gasteiger partial charge in [-0.25, -0.2) is 8.78 Å². The van der Waals surface area contributed by atoms with Crippen LogP contribution in [0.15, 0.2) is 36.5 Å². The summed E-state index contributed by atoms with van der Waals surface area (Å²) in [6.45, 7) is 1.01. The molecule has 1 aromatic carbocycles. The number of aromatic nitrogens is 1. The molecule has 84 valence electrons. The van der Waals surface area contributed by atoms with Crippen LogP contribution in [-0.4, -0.2) is 4.98 Å². The van der Waals surface area contributed by atoms with Crippen LogP contribution in [0.2, 0.25) is 0 Å². The molecule has 0 aliphatic rings. The maximum Gasteiger partial charge on any atom is 0.130 e. The first kappa shape index (κ1) is 10.8. The van der Waals surface area contributed by atoms with Crippen LogP contribution in [0.3, 0.4) is 0 Å². The molecule has 1 heterocycles. The predicted octanol–water partition coefficient (Wildman–Crippen LogP) is 2.58. The molecular formula is C12H12F2N2. The highest BCUT2D eigenvalue weighted by Crippen LogP contribution is 2.09. The summed E-state index contributed by atoms with van der Waals surface area (Å²) in [6, 6.07) is 7.44. The number of hydrogen-bond donors (Lipinski definition) is 2. The van der Waals surface area contributed by atoms with E-state index in [-0.39, 0.29) is 0 Å². The molecule has 2 N–H and O–H groups in total. The van der Waals surface area contributed by atoms with Crippen molar-refractivity contribution in [3.05, 3.63) is 59.4 Å². The summed E-state index contributed by atoms with van der Waals surface area (Å²) in [7, 11) is 0. The molecule has 0 saturated carbocycles. The lowest BCUT2D eigenvalue weighted by Crippen LogP contribution is -2.14. The summed E-state index contributed by atoms with van der Waals surface area (Å²) in [5.41, 5.74) is 1.50. The molecule has 1 aromatic heterocycles. The molecule has 0 aliphatic heterocycles.